The van der Waals surface area contributed by atoms with Crippen LogP contribution in [0.25, 0.3) is 0 Å². The summed E-state index contributed by atoms with van der Waals surface area (Å²) in [5.74, 6) is -1.79. The zero-order valence-electron chi connectivity index (χ0n) is 23.1. The normalized spacial score (nSPS) is 14.7. The number of alkyl halides is 3. The molecular formula is C27H38F3N9O3. The van der Waals surface area contributed by atoms with Crippen LogP contribution in [0.15, 0.2) is 18.2 Å². The van der Waals surface area contributed by atoms with Gasteiger partial charge in [-0.3, -0.25) is 9.59 Å². The summed E-state index contributed by atoms with van der Waals surface area (Å²) in [6.07, 6.45) is -4.11. The van der Waals surface area contributed by atoms with E-state index >= 15 is 0 Å². The first-order chi connectivity index (χ1) is 19.4. The summed E-state index contributed by atoms with van der Waals surface area (Å²) in [4.78, 5) is 37.9. The molecule has 230 valence electrons. The molecule has 0 saturated carbocycles. The van der Waals surface area contributed by atoms with Gasteiger partial charge in [-0.05, 0) is 52.1 Å². The molecule has 0 bridgehead atoms. The van der Waals surface area contributed by atoms with E-state index in [2.05, 4.69) is 42.8 Å². The predicted molar refractivity (Wildman–Crippen MR) is 153 cm³/mol. The van der Waals surface area contributed by atoms with Crippen LogP contribution in [-0.4, -0.2) is 90.5 Å². The van der Waals surface area contributed by atoms with Crippen molar-refractivity contribution in [3.05, 3.63) is 34.9 Å². The maximum absolute atomic E-state index is 13.6. The topological polar surface area (TPSA) is 162 Å². The number of aromatic nitrogens is 2. The van der Waals surface area contributed by atoms with E-state index in [1.807, 2.05) is 6.07 Å². The fourth-order valence-electron chi connectivity index (χ4n) is 4.10. The van der Waals surface area contributed by atoms with Crippen LogP contribution in [0.5, 0.6) is 5.88 Å². The molecule has 3 rings (SSSR count). The Morgan fingerprint density at radius 3 is 2.50 bits per heavy atom. The van der Waals surface area contributed by atoms with Crippen LogP contribution < -0.4 is 26.4 Å². The third kappa shape index (κ3) is 9.45. The van der Waals surface area contributed by atoms with E-state index in [9.17, 15) is 28.0 Å². The third-order valence-corrected chi connectivity index (χ3v) is 6.36. The first-order valence-electron chi connectivity index (χ1n) is 13.1. The van der Waals surface area contributed by atoms with E-state index in [4.69, 9.17) is 10.5 Å². The Morgan fingerprint density at radius 1 is 1.19 bits per heavy atom. The highest BCUT2D eigenvalue weighted by atomic mass is 19.4. The van der Waals surface area contributed by atoms with Gasteiger partial charge in [0.15, 0.2) is 11.4 Å². The van der Waals surface area contributed by atoms with E-state index in [0.29, 0.717) is 6.42 Å². The summed E-state index contributed by atoms with van der Waals surface area (Å²) >= 11 is 0. The van der Waals surface area contributed by atoms with Gasteiger partial charge in [0.05, 0.1) is 12.2 Å². The SMILES string of the molecule is C.CCOc1nc(N)nc(N[C@@H](C)C(=O)Nc2cc(C(=O)NCCCN3CCN(C)CC3)cc(C(F)(F)F)c2)c1C#N. The Hall–Kier alpha value is -4.16. The largest absolute Gasteiger partial charge is 0.477 e. The van der Waals surface area contributed by atoms with Crippen LogP contribution in [-0.2, 0) is 11.0 Å². The standard InChI is InChI=1S/C26H34F3N9O3.CH4/c1-4-41-24-20(15-30)21(35-25(31)36-24)33-16(2)22(39)34-19-13-17(12-18(14-19)26(27,28)29)23(40)32-6-5-7-38-10-8-37(3)9-11-38;/h12-14,16H,4-11H2,1-3H3,(H,32,40)(H,34,39)(H3,31,33,35,36);1H4/t16-;/m0./s1. The van der Waals surface area contributed by atoms with Gasteiger partial charge in [0.25, 0.3) is 5.91 Å². The molecule has 1 aromatic heterocycles. The Bertz CT molecular complexity index is 1280. The van der Waals surface area contributed by atoms with Crippen LogP contribution in [0.1, 0.15) is 49.2 Å². The highest BCUT2D eigenvalue weighted by Gasteiger charge is 2.32. The number of nitriles is 1. The zero-order valence-corrected chi connectivity index (χ0v) is 23.1. The monoisotopic (exact) mass is 593 g/mol. The number of nitrogen functional groups attached to an aromatic ring is 1. The number of likely N-dealkylation sites (N-methyl/N-ethyl adjacent to an activating group) is 1. The summed E-state index contributed by atoms with van der Waals surface area (Å²) in [6, 6.07) is 3.46. The number of amides is 2. The molecule has 1 aliphatic rings. The lowest BCUT2D eigenvalue weighted by Gasteiger charge is -2.32. The molecule has 0 radical (unpaired) electrons. The molecule has 1 aliphatic heterocycles. The van der Waals surface area contributed by atoms with E-state index in [1.54, 1.807) is 6.92 Å². The lowest BCUT2D eigenvalue weighted by molar-refractivity contribution is -0.137. The molecule has 2 amide bonds. The van der Waals surface area contributed by atoms with Gasteiger partial charge >= 0.3 is 6.18 Å². The second-order valence-corrected chi connectivity index (χ2v) is 9.56. The number of carbonyl (C=O) groups excluding carboxylic acids is 2. The van der Waals surface area contributed by atoms with Gasteiger partial charge in [0, 0.05) is 44.0 Å². The number of ether oxygens (including phenoxy) is 1. The molecule has 12 nitrogen and oxygen atoms in total. The molecule has 0 unspecified atom stereocenters. The van der Waals surface area contributed by atoms with Crippen LogP contribution in [0.4, 0.5) is 30.6 Å². The molecule has 0 aliphatic carbocycles. The van der Waals surface area contributed by atoms with Crippen LogP contribution in [0.2, 0.25) is 0 Å². The number of halogens is 3. The minimum atomic E-state index is -4.75. The molecule has 1 atom stereocenters. The van der Waals surface area contributed by atoms with Crippen molar-refractivity contribution in [1.29, 1.82) is 5.26 Å². The van der Waals surface area contributed by atoms with Crippen molar-refractivity contribution in [2.75, 3.05) is 69.3 Å². The highest BCUT2D eigenvalue weighted by Crippen LogP contribution is 2.32. The molecule has 1 fully saturated rings. The summed E-state index contributed by atoms with van der Waals surface area (Å²) in [7, 11) is 2.05. The fourth-order valence-corrected chi connectivity index (χ4v) is 4.10. The Kier molecular flexibility index (Phi) is 12.3. The van der Waals surface area contributed by atoms with Gasteiger partial charge in [-0.25, -0.2) is 0 Å². The van der Waals surface area contributed by atoms with Crippen LogP contribution in [0.3, 0.4) is 0 Å². The smallest absolute Gasteiger partial charge is 0.416 e. The molecule has 5 N–H and O–H groups in total. The van der Waals surface area contributed by atoms with Crippen LogP contribution in [0, 0.1) is 11.3 Å². The van der Waals surface area contributed by atoms with E-state index in [0.717, 1.165) is 44.9 Å². The number of hydrogen-bond acceptors (Lipinski definition) is 10. The highest BCUT2D eigenvalue weighted by molar-refractivity contribution is 5.99. The summed E-state index contributed by atoms with van der Waals surface area (Å²) in [5.41, 5.74) is 4.03. The average molecular weight is 594 g/mol. The van der Waals surface area contributed by atoms with Crippen molar-refractivity contribution in [3.63, 3.8) is 0 Å². The number of piperazine rings is 1. The number of nitrogens with two attached hydrogens (primary N) is 1. The molecule has 2 heterocycles. The number of nitrogens with zero attached hydrogens (tertiary/aromatic N) is 5. The maximum atomic E-state index is 13.6. The van der Waals surface area contributed by atoms with Crippen LogP contribution >= 0.6 is 0 Å². The molecular weight excluding hydrogens is 555 g/mol. The van der Waals surface area contributed by atoms with E-state index in [-0.39, 0.29) is 55.0 Å². The Morgan fingerprint density at radius 2 is 1.88 bits per heavy atom. The number of benzene rings is 1. The van der Waals surface area contributed by atoms with Crippen molar-refractivity contribution >= 4 is 29.3 Å². The Balaban J connectivity index is 0.00000616. The molecule has 1 saturated heterocycles. The summed E-state index contributed by atoms with van der Waals surface area (Å²) < 4.78 is 46.2. The molecule has 15 heteroatoms. The Labute approximate surface area is 243 Å². The predicted octanol–water partition coefficient (Wildman–Crippen LogP) is 2.79. The lowest BCUT2D eigenvalue weighted by atomic mass is 10.1. The second-order valence-electron chi connectivity index (χ2n) is 9.56. The number of anilines is 3. The number of carbonyl (C=O) groups is 2. The zero-order chi connectivity index (χ0) is 30.2. The summed E-state index contributed by atoms with van der Waals surface area (Å²) in [5, 5.41) is 17.3. The average Bonchev–Trinajstić information content (AvgIpc) is 2.91. The minimum absolute atomic E-state index is 0. The van der Waals surface area contributed by atoms with Gasteiger partial charge in [-0.1, -0.05) is 7.43 Å². The van der Waals surface area contributed by atoms with Gasteiger partial charge in [0.1, 0.15) is 12.1 Å². The van der Waals surface area contributed by atoms with Crippen molar-refractivity contribution in [2.45, 2.75) is 39.9 Å². The van der Waals surface area contributed by atoms with E-state index in [1.165, 1.54) is 13.0 Å². The fraction of sp³-hybridized carbons (Fsp3) is 0.519. The number of nitrogens with one attached hydrogen (secondary N) is 3. The van der Waals surface area contributed by atoms with Gasteiger partial charge in [-0.2, -0.15) is 28.4 Å². The van der Waals surface area contributed by atoms with Crippen molar-refractivity contribution in [2.24, 2.45) is 0 Å². The second kappa shape index (κ2) is 15.2. The van der Waals surface area contributed by atoms with E-state index < -0.39 is 29.6 Å². The first-order valence-corrected chi connectivity index (χ1v) is 13.1. The quantitative estimate of drug-likeness (QED) is 0.285. The lowest BCUT2D eigenvalue weighted by Crippen LogP contribution is -2.45. The van der Waals surface area contributed by atoms with Gasteiger partial charge in [-0.15, -0.1) is 0 Å². The van der Waals surface area contributed by atoms with Crippen molar-refractivity contribution in [3.8, 4) is 11.9 Å². The third-order valence-electron chi connectivity index (χ3n) is 6.36. The van der Waals surface area contributed by atoms with Gasteiger partial charge in [0.2, 0.25) is 17.7 Å². The summed E-state index contributed by atoms with van der Waals surface area (Å²) in [6.45, 7) is 8.10. The maximum Gasteiger partial charge on any atom is 0.416 e. The van der Waals surface area contributed by atoms with Crippen molar-refractivity contribution in [1.82, 2.24) is 25.1 Å². The van der Waals surface area contributed by atoms with Crippen molar-refractivity contribution < 1.29 is 27.5 Å². The van der Waals surface area contributed by atoms with Gasteiger partial charge < -0.3 is 36.2 Å². The molecule has 2 aromatic rings. The molecule has 42 heavy (non-hydrogen) atoms. The molecule has 0 spiro atoms. The number of rotatable bonds is 11. The minimum Gasteiger partial charge on any atom is -0.477 e. The number of hydrogen-bond donors (Lipinski definition) is 4. The molecule has 1 aromatic carbocycles. The first kappa shape index (κ1) is 34.0.